The topological polar surface area (TPSA) is 50.7 Å². The van der Waals surface area contributed by atoms with Crippen LogP contribution in [-0.2, 0) is 0 Å². The van der Waals surface area contributed by atoms with Crippen molar-refractivity contribution < 1.29 is 0 Å². The van der Waals surface area contributed by atoms with Gasteiger partial charge in [0.25, 0.3) is 0 Å². The van der Waals surface area contributed by atoms with E-state index in [0.29, 0.717) is 0 Å². The minimum Gasteiger partial charge on any atom is -0.328 e. The summed E-state index contributed by atoms with van der Waals surface area (Å²) in [4.78, 5) is 7.72. The zero-order chi connectivity index (χ0) is 7.82. The normalized spacial score (nSPS) is 11.9. The Bertz CT molecular complexity index is 123. The number of nitrogens with two attached hydrogens (primary N) is 1. The van der Waals surface area contributed by atoms with Crippen molar-refractivity contribution in [2.45, 2.75) is 26.3 Å². The summed E-state index contributed by atoms with van der Waals surface area (Å²) < 4.78 is 0. The largest absolute Gasteiger partial charge is 0.328 e. The SMILES string of the molecule is CCN=C=NCCC(C)N. The Morgan fingerprint density at radius 3 is 2.70 bits per heavy atom. The zero-order valence-electron chi connectivity index (χ0n) is 6.67. The molecular weight excluding hydrogens is 126 g/mol. The molecule has 0 aliphatic heterocycles. The fourth-order valence-electron chi connectivity index (χ4n) is 0.439. The van der Waals surface area contributed by atoms with Gasteiger partial charge in [0.1, 0.15) is 0 Å². The van der Waals surface area contributed by atoms with Crippen LogP contribution in [0.3, 0.4) is 0 Å². The molecule has 3 heteroatoms. The van der Waals surface area contributed by atoms with Crippen molar-refractivity contribution in [3.8, 4) is 0 Å². The molecule has 1 atom stereocenters. The second-order valence-corrected chi connectivity index (χ2v) is 2.22. The Balaban J connectivity index is 3.26. The zero-order valence-corrected chi connectivity index (χ0v) is 6.67. The highest BCUT2D eigenvalue weighted by Gasteiger charge is 1.88. The molecule has 0 aromatic rings. The molecule has 10 heavy (non-hydrogen) atoms. The van der Waals surface area contributed by atoms with Crippen molar-refractivity contribution in [1.29, 1.82) is 0 Å². The summed E-state index contributed by atoms with van der Waals surface area (Å²) in [5, 5.41) is 0. The third-order valence-corrected chi connectivity index (χ3v) is 0.996. The lowest BCUT2D eigenvalue weighted by atomic mass is 10.3. The van der Waals surface area contributed by atoms with E-state index in [2.05, 4.69) is 16.0 Å². The van der Waals surface area contributed by atoms with Gasteiger partial charge in [0.15, 0.2) is 0 Å². The first-order valence-corrected chi connectivity index (χ1v) is 3.61. The summed E-state index contributed by atoms with van der Waals surface area (Å²) in [6.45, 7) is 5.41. The highest BCUT2D eigenvalue weighted by molar-refractivity contribution is 5.40. The van der Waals surface area contributed by atoms with Gasteiger partial charge < -0.3 is 5.73 Å². The standard InChI is InChI=1S/C7H15N3/c1-3-9-6-10-5-4-7(2)8/h7H,3-5,8H2,1-2H3. The van der Waals surface area contributed by atoms with Gasteiger partial charge in [-0.25, -0.2) is 9.98 Å². The molecule has 0 radical (unpaired) electrons. The molecule has 0 heterocycles. The third-order valence-electron chi connectivity index (χ3n) is 0.996. The van der Waals surface area contributed by atoms with Crippen LogP contribution in [0.25, 0.3) is 0 Å². The molecule has 0 rings (SSSR count). The molecule has 0 bridgehead atoms. The molecule has 0 saturated heterocycles. The van der Waals surface area contributed by atoms with Crippen LogP contribution in [0.5, 0.6) is 0 Å². The minimum absolute atomic E-state index is 0.229. The number of hydrogen-bond donors (Lipinski definition) is 1. The smallest absolute Gasteiger partial charge is 0.0892 e. The van der Waals surface area contributed by atoms with Crippen LogP contribution in [0.2, 0.25) is 0 Å². The van der Waals surface area contributed by atoms with E-state index < -0.39 is 0 Å². The molecule has 0 spiro atoms. The lowest BCUT2D eigenvalue weighted by Crippen LogP contribution is -2.15. The summed E-state index contributed by atoms with van der Waals surface area (Å²) in [5.74, 6) is 0. The van der Waals surface area contributed by atoms with E-state index >= 15 is 0 Å². The fraction of sp³-hybridized carbons (Fsp3) is 0.857. The van der Waals surface area contributed by atoms with Crippen LogP contribution in [0.15, 0.2) is 9.98 Å². The third kappa shape index (κ3) is 7.34. The van der Waals surface area contributed by atoms with Gasteiger partial charge in [-0.15, -0.1) is 0 Å². The summed E-state index contributed by atoms with van der Waals surface area (Å²) in [6, 6.07) is 2.81. The van der Waals surface area contributed by atoms with Gasteiger partial charge in [-0.1, -0.05) is 0 Å². The Kier molecular flexibility index (Phi) is 6.03. The van der Waals surface area contributed by atoms with Crippen LogP contribution in [0, 0.1) is 0 Å². The Hall–Kier alpha value is -0.660. The predicted octanol–water partition coefficient (Wildman–Crippen LogP) is 0.917. The molecule has 0 amide bonds. The van der Waals surface area contributed by atoms with Crippen LogP contribution in [-0.4, -0.2) is 25.1 Å². The number of aliphatic imine (C=N–C) groups is 2. The Morgan fingerprint density at radius 1 is 1.50 bits per heavy atom. The minimum atomic E-state index is 0.229. The summed E-state index contributed by atoms with van der Waals surface area (Å²) in [7, 11) is 0. The lowest BCUT2D eigenvalue weighted by molar-refractivity contribution is 0.678. The van der Waals surface area contributed by atoms with Crippen LogP contribution >= 0.6 is 0 Å². The first-order chi connectivity index (χ1) is 4.77. The first-order valence-electron chi connectivity index (χ1n) is 3.61. The molecule has 0 aromatic heterocycles. The van der Waals surface area contributed by atoms with Crippen molar-refractivity contribution in [2.75, 3.05) is 13.1 Å². The summed E-state index contributed by atoms with van der Waals surface area (Å²) >= 11 is 0. The molecule has 0 fully saturated rings. The first kappa shape index (κ1) is 9.34. The highest BCUT2D eigenvalue weighted by Crippen LogP contribution is 1.84. The fourth-order valence-corrected chi connectivity index (χ4v) is 0.439. The van der Waals surface area contributed by atoms with E-state index in [1.165, 1.54) is 0 Å². The quantitative estimate of drug-likeness (QED) is 0.581. The van der Waals surface area contributed by atoms with Gasteiger partial charge in [-0.05, 0) is 20.3 Å². The number of hydrogen-bond acceptors (Lipinski definition) is 3. The van der Waals surface area contributed by atoms with Crippen LogP contribution < -0.4 is 5.73 Å². The lowest BCUT2D eigenvalue weighted by Gasteiger charge is -1.97. The van der Waals surface area contributed by atoms with E-state index in [1.54, 1.807) is 0 Å². The van der Waals surface area contributed by atoms with E-state index in [9.17, 15) is 0 Å². The van der Waals surface area contributed by atoms with Gasteiger partial charge in [0, 0.05) is 12.6 Å². The second-order valence-electron chi connectivity index (χ2n) is 2.22. The molecule has 1 unspecified atom stereocenters. The molecule has 0 aliphatic carbocycles. The van der Waals surface area contributed by atoms with E-state index in [4.69, 9.17) is 5.73 Å². The molecule has 0 saturated carbocycles. The predicted molar refractivity (Wildman–Crippen MR) is 43.5 cm³/mol. The van der Waals surface area contributed by atoms with Gasteiger partial charge >= 0.3 is 0 Å². The van der Waals surface area contributed by atoms with Crippen molar-refractivity contribution in [3.63, 3.8) is 0 Å². The Morgan fingerprint density at radius 2 is 2.20 bits per heavy atom. The van der Waals surface area contributed by atoms with Gasteiger partial charge in [0.2, 0.25) is 0 Å². The monoisotopic (exact) mass is 141 g/mol. The van der Waals surface area contributed by atoms with Crippen molar-refractivity contribution in [3.05, 3.63) is 0 Å². The van der Waals surface area contributed by atoms with Crippen molar-refractivity contribution in [2.24, 2.45) is 15.7 Å². The molecule has 2 N–H and O–H groups in total. The summed E-state index contributed by atoms with van der Waals surface area (Å²) in [5.41, 5.74) is 5.49. The van der Waals surface area contributed by atoms with E-state index in [0.717, 1.165) is 19.5 Å². The van der Waals surface area contributed by atoms with Gasteiger partial charge in [-0.3, -0.25) is 0 Å². The second kappa shape index (κ2) is 6.46. The average molecular weight is 141 g/mol. The Labute approximate surface area is 62.1 Å². The number of rotatable bonds is 4. The molecule has 58 valence electrons. The highest BCUT2D eigenvalue weighted by atomic mass is 14.8. The van der Waals surface area contributed by atoms with Crippen molar-refractivity contribution in [1.82, 2.24) is 0 Å². The molecule has 0 aromatic carbocycles. The molecule has 3 nitrogen and oxygen atoms in total. The van der Waals surface area contributed by atoms with E-state index in [-0.39, 0.29) is 6.04 Å². The maximum atomic E-state index is 5.49. The molecular formula is C7H15N3. The maximum absolute atomic E-state index is 5.49. The van der Waals surface area contributed by atoms with Crippen molar-refractivity contribution >= 4 is 6.01 Å². The average Bonchev–Trinajstić information content (AvgIpc) is 1.87. The van der Waals surface area contributed by atoms with Gasteiger partial charge in [-0.2, -0.15) is 0 Å². The van der Waals surface area contributed by atoms with Crippen LogP contribution in [0.4, 0.5) is 0 Å². The van der Waals surface area contributed by atoms with Crippen LogP contribution in [0.1, 0.15) is 20.3 Å². The molecule has 0 aliphatic rings. The van der Waals surface area contributed by atoms with Gasteiger partial charge in [0.05, 0.1) is 12.6 Å². The van der Waals surface area contributed by atoms with E-state index in [1.807, 2.05) is 13.8 Å². The maximum Gasteiger partial charge on any atom is 0.0892 e. The summed E-state index contributed by atoms with van der Waals surface area (Å²) in [6.07, 6.45) is 0.909. The number of nitrogens with zero attached hydrogens (tertiary/aromatic N) is 2.